The lowest BCUT2D eigenvalue weighted by atomic mass is 10.1. The van der Waals surface area contributed by atoms with Crippen LogP contribution in [-0.4, -0.2) is 23.5 Å². The molecule has 0 spiro atoms. The van der Waals surface area contributed by atoms with Gasteiger partial charge in [-0.3, -0.25) is 9.78 Å². The molecule has 0 bridgehead atoms. The molecular formula is C22H19N3O3S. The van der Waals surface area contributed by atoms with E-state index in [0.717, 1.165) is 27.8 Å². The van der Waals surface area contributed by atoms with Crippen LogP contribution in [0.4, 0.5) is 5.69 Å². The predicted molar refractivity (Wildman–Crippen MR) is 113 cm³/mol. The van der Waals surface area contributed by atoms with Crippen molar-refractivity contribution in [3.8, 4) is 5.40 Å². The van der Waals surface area contributed by atoms with E-state index in [1.165, 1.54) is 0 Å². The van der Waals surface area contributed by atoms with Gasteiger partial charge >= 0.3 is 5.97 Å². The number of thiocyanates is 1. The highest BCUT2D eigenvalue weighted by Crippen LogP contribution is 2.27. The Balaban J connectivity index is 1.71. The van der Waals surface area contributed by atoms with Crippen molar-refractivity contribution in [3.63, 3.8) is 0 Å². The van der Waals surface area contributed by atoms with Crippen LogP contribution in [-0.2, 0) is 9.53 Å². The Morgan fingerprint density at radius 2 is 1.83 bits per heavy atom. The summed E-state index contributed by atoms with van der Waals surface area (Å²) in [6.07, 6.45) is 0. The molecule has 0 unspecified atom stereocenters. The third kappa shape index (κ3) is 4.73. The predicted octanol–water partition coefficient (Wildman–Crippen LogP) is 4.53. The molecule has 1 heterocycles. The van der Waals surface area contributed by atoms with Gasteiger partial charge in [-0.25, -0.2) is 4.79 Å². The molecule has 0 atom stereocenters. The number of carbonyl (C=O) groups excluding carboxylic acids is 2. The fourth-order valence-corrected chi connectivity index (χ4v) is 3.67. The molecule has 6 nitrogen and oxygen atoms in total. The van der Waals surface area contributed by atoms with Gasteiger partial charge in [0, 0.05) is 21.7 Å². The van der Waals surface area contributed by atoms with E-state index in [1.54, 1.807) is 19.1 Å². The van der Waals surface area contributed by atoms with Crippen molar-refractivity contribution in [3.05, 3.63) is 64.8 Å². The van der Waals surface area contributed by atoms with Gasteiger partial charge in [-0.15, -0.1) is 0 Å². The third-order valence-electron chi connectivity index (χ3n) is 4.33. The van der Waals surface area contributed by atoms with Crippen molar-refractivity contribution in [2.45, 2.75) is 25.7 Å². The Morgan fingerprint density at radius 3 is 2.52 bits per heavy atom. The highest BCUT2D eigenvalue weighted by Gasteiger charge is 2.16. The topological polar surface area (TPSA) is 92.1 Å². The number of amides is 1. The molecule has 1 N–H and O–H groups in total. The van der Waals surface area contributed by atoms with Gasteiger partial charge in [0.25, 0.3) is 5.91 Å². The SMILES string of the molecule is Cc1cc(C(=O)OCC(=O)Nc2c(C)cc(SC#N)cc2C)c2ccccc2n1. The van der Waals surface area contributed by atoms with E-state index >= 15 is 0 Å². The third-order valence-corrected chi connectivity index (χ3v) is 4.90. The van der Waals surface area contributed by atoms with Crippen molar-refractivity contribution < 1.29 is 14.3 Å². The summed E-state index contributed by atoms with van der Waals surface area (Å²) in [4.78, 5) is 30.1. The number of rotatable bonds is 5. The number of thioether (sulfide) groups is 1. The summed E-state index contributed by atoms with van der Waals surface area (Å²) >= 11 is 1.06. The van der Waals surface area contributed by atoms with E-state index in [9.17, 15) is 9.59 Å². The zero-order valence-electron chi connectivity index (χ0n) is 16.3. The van der Waals surface area contributed by atoms with Crippen molar-refractivity contribution in [1.82, 2.24) is 4.98 Å². The number of aromatic nitrogens is 1. The maximum absolute atomic E-state index is 12.6. The number of anilines is 1. The maximum atomic E-state index is 12.6. The molecule has 3 aromatic rings. The first-order valence-corrected chi connectivity index (χ1v) is 9.71. The van der Waals surface area contributed by atoms with E-state index in [-0.39, 0.29) is 0 Å². The second-order valence-electron chi connectivity index (χ2n) is 6.58. The Morgan fingerprint density at radius 1 is 1.14 bits per heavy atom. The maximum Gasteiger partial charge on any atom is 0.339 e. The molecule has 0 aliphatic heterocycles. The van der Waals surface area contributed by atoms with Gasteiger partial charge in [0.2, 0.25) is 0 Å². The summed E-state index contributed by atoms with van der Waals surface area (Å²) in [5, 5.41) is 14.3. The largest absolute Gasteiger partial charge is 0.452 e. The lowest BCUT2D eigenvalue weighted by Crippen LogP contribution is -2.22. The number of esters is 1. The summed E-state index contributed by atoms with van der Waals surface area (Å²) in [6, 6.07) is 12.6. The molecule has 1 amide bonds. The first-order valence-electron chi connectivity index (χ1n) is 8.89. The van der Waals surface area contributed by atoms with E-state index in [2.05, 4.69) is 10.3 Å². The minimum atomic E-state index is -0.573. The van der Waals surface area contributed by atoms with Crippen molar-refractivity contribution in [2.75, 3.05) is 11.9 Å². The van der Waals surface area contributed by atoms with E-state index in [1.807, 2.05) is 49.6 Å². The summed E-state index contributed by atoms with van der Waals surface area (Å²) in [5.74, 6) is -1.00. The van der Waals surface area contributed by atoms with Gasteiger partial charge in [-0.05, 0) is 67.9 Å². The highest BCUT2D eigenvalue weighted by atomic mass is 32.2. The lowest BCUT2D eigenvalue weighted by molar-refractivity contribution is -0.119. The number of hydrogen-bond acceptors (Lipinski definition) is 6. The molecule has 0 fully saturated rings. The zero-order valence-corrected chi connectivity index (χ0v) is 17.1. The Bertz CT molecular complexity index is 1130. The van der Waals surface area contributed by atoms with E-state index in [4.69, 9.17) is 10.00 Å². The fraction of sp³-hybridized carbons (Fsp3) is 0.182. The number of nitrogens with one attached hydrogen (secondary N) is 1. The van der Waals surface area contributed by atoms with Gasteiger partial charge in [0.15, 0.2) is 6.61 Å². The van der Waals surface area contributed by atoms with Crippen molar-refractivity contribution in [2.24, 2.45) is 0 Å². The number of benzene rings is 2. The standard InChI is InChI=1S/C22H19N3O3S/c1-13-8-16(29-12-23)9-14(2)21(13)25-20(26)11-28-22(27)18-10-15(3)24-19-7-5-4-6-17(18)19/h4-10H,11H2,1-3H3,(H,25,26). The second kappa shape index (κ2) is 8.76. The van der Waals surface area contributed by atoms with Crippen molar-refractivity contribution in [1.29, 1.82) is 5.26 Å². The van der Waals surface area contributed by atoms with Crippen LogP contribution in [0.3, 0.4) is 0 Å². The summed E-state index contributed by atoms with van der Waals surface area (Å²) in [5.41, 5.74) is 4.09. The van der Waals surface area contributed by atoms with Crippen LogP contribution < -0.4 is 5.32 Å². The van der Waals surface area contributed by atoms with Crippen molar-refractivity contribution >= 4 is 40.2 Å². The molecule has 7 heteroatoms. The number of nitriles is 1. The molecule has 0 saturated carbocycles. The Kier molecular flexibility index (Phi) is 6.15. The van der Waals surface area contributed by atoms with Crippen LogP contribution in [0.25, 0.3) is 10.9 Å². The zero-order chi connectivity index (χ0) is 21.0. The van der Waals surface area contributed by atoms with Crippen LogP contribution in [0.15, 0.2) is 47.4 Å². The van der Waals surface area contributed by atoms with Crippen LogP contribution in [0.5, 0.6) is 0 Å². The van der Waals surface area contributed by atoms with Gasteiger partial charge in [0.1, 0.15) is 5.40 Å². The van der Waals surface area contributed by atoms with Gasteiger partial charge in [-0.1, -0.05) is 18.2 Å². The molecule has 146 valence electrons. The molecule has 29 heavy (non-hydrogen) atoms. The average molecular weight is 405 g/mol. The van der Waals surface area contributed by atoms with Crippen LogP contribution in [0, 0.1) is 31.4 Å². The van der Waals surface area contributed by atoms with Gasteiger partial charge < -0.3 is 10.1 Å². The lowest BCUT2D eigenvalue weighted by Gasteiger charge is -2.13. The van der Waals surface area contributed by atoms with Crippen LogP contribution in [0.1, 0.15) is 27.2 Å². The Hall–Kier alpha value is -3.37. The minimum absolute atomic E-state index is 0.381. The monoisotopic (exact) mass is 405 g/mol. The van der Waals surface area contributed by atoms with E-state index < -0.39 is 18.5 Å². The molecule has 0 saturated heterocycles. The molecule has 1 aromatic heterocycles. The number of carbonyl (C=O) groups is 2. The van der Waals surface area contributed by atoms with Crippen LogP contribution in [0.2, 0.25) is 0 Å². The van der Waals surface area contributed by atoms with Crippen LogP contribution >= 0.6 is 11.8 Å². The first-order chi connectivity index (χ1) is 13.9. The average Bonchev–Trinajstić information content (AvgIpc) is 2.68. The number of pyridine rings is 1. The molecular weight excluding hydrogens is 386 g/mol. The fourth-order valence-electron chi connectivity index (χ4n) is 3.09. The summed E-state index contributed by atoms with van der Waals surface area (Å²) < 4.78 is 5.24. The quantitative estimate of drug-likeness (QED) is 0.381. The normalized spacial score (nSPS) is 10.4. The molecule has 0 radical (unpaired) electrons. The van der Waals surface area contributed by atoms with E-state index in [0.29, 0.717) is 27.8 Å². The molecule has 0 aliphatic rings. The van der Waals surface area contributed by atoms with Gasteiger partial charge in [0.05, 0.1) is 11.1 Å². The molecule has 0 aliphatic carbocycles. The summed E-state index contributed by atoms with van der Waals surface area (Å²) in [6.45, 7) is 5.10. The number of aryl methyl sites for hydroxylation is 3. The first kappa shape index (κ1) is 20.4. The highest BCUT2D eigenvalue weighted by molar-refractivity contribution is 8.03. The smallest absolute Gasteiger partial charge is 0.339 e. The minimum Gasteiger partial charge on any atom is -0.452 e. The second-order valence-corrected chi connectivity index (χ2v) is 7.44. The Labute approximate surface area is 172 Å². The number of fused-ring (bicyclic) bond motifs is 1. The number of hydrogen-bond donors (Lipinski definition) is 1. The number of ether oxygens (including phenoxy) is 1. The summed E-state index contributed by atoms with van der Waals surface area (Å²) in [7, 11) is 0. The number of para-hydroxylation sites is 1. The van der Waals surface area contributed by atoms with Gasteiger partial charge in [-0.2, -0.15) is 5.26 Å². The number of nitrogens with zero attached hydrogens (tertiary/aromatic N) is 2. The molecule has 2 aromatic carbocycles. The molecule has 3 rings (SSSR count).